The fourth-order valence-corrected chi connectivity index (χ4v) is 1.09. The van der Waals surface area contributed by atoms with E-state index in [0.29, 0.717) is 0 Å². The summed E-state index contributed by atoms with van der Waals surface area (Å²) in [5.74, 6) is -1.14. The van der Waals surface area contributed by atoms with Crippen molar-refractivity contribution in [3.8, 4) is 0 Å². The molecule has 0 atom stereocenters. The molecule has 0 saturated carbocycles. The van der Waals surface area contributed by atoms with Crippen LogP contribution in [-0.2, 0) is 9.47 Å². The maximum atomic E-state index is 11.5. The summed E-state index contributed by atoms with van der Waals surface area (Å²) in [4.78, 5) is 30.6. The second kappa shape index (κ2) is 6.09. The SMILES string of the molecule is CC(C)OC(=O)c1cnc(C(=O)OC(C)C)cn1. The van der Waals surface area contributed by atoms with Crippen LogP contribution in [-0.4, -0.2) is 34.1 Å². The summed E-state index contributed by atoms with van der Waals surface area (Å²) < 4.78 is 9.89. The summed E-state index contributed by atoms with van der Waals surface area (Å²) in [5, 5.41) is 0. The van der Waals surface area contributed by atoms with E-state index < -0.39 is 11.9 Å². The Hall–Kier alpha value is -1.98. The Morgan fingerprint density at radius 2 is 1.22 bits per heavy atom. The van der Waals surface area contributed by atoms with Gasteiger partial charge < -0.3 is 9.47 Å². The van der Waals surface area contributed by atoms with Crippen molar-refractivity contribution in [1.29, 1.82) is 0 Å². The predicted octanol–water partition coefficient (Wildman–Crippen LogP) is 1.61. The number of rotatable bonds is 4. The molecule has 0 fully saturated rings. The van der Waals surface area contributed by atoms with Gasteiger partial charge >= 0.3 is 11.9 Å². The summed E-state index contributed by atoms with van der Waals surface area (Å²) in [5.41, 5.74) is 0.120. The molecule has 1 heterocycles. The molecule has 6 heteroatoms. The predicted molar refractivity (Wildman–Crippen MR) is 63.1 cm³/mol. The van der Waals surface area contributed by atoms with Gasteiger partial charge in [-0.1, -0.05) is 0 Å². The van der Waals surface area contributed by atoms with Crippen molar-refractivity contribution in [3.63, 3.8) is 0 Å². The third-order valence-electron chi connectivity index (χ3n) is 1.76. The van der Waals surface area contributed by atoms with Gasteiger partial charge in [0.2, 0.25) is 0 Å². The molecule has 6 nitrogen and oxygen atoms in total. The number of nitrogens with zero attached hydrogens (tertiary/aromatic N) is 2. The second-order valence-electron chi connectivity index (χ2n) is 4.20. The highest BCUT2D eigenvalue weighted by Gasteiger charge is 2.15. The zero-order chi connectivity index (χ0) is 13.7. The summed E-state index contributed by atoms with van der Waals surface area (Å²) in [6, 6.07) is 0. The molecule has 0 radical (unpaired) electrons. The molecule has 0 aliphatic heterocycles. The third kappa shape index (κ3) is 4.12. The first-order chi connectivity index (χ1) is 8.40. The van der Waals surface area contributed by atoms with Gasteiger partial charge in [0.1, 0.15) is 0 Å². The van der Waals surface area contributed by atoms with E-state index in [4.69, 9.17) is 9.47 Å². The van der Waals surface area contributed by atoms with E-state index in [1.165, 1.54) is 12.4 Å². The first-order valence-corrected chi connectivity index (χ1v) is 5.64. The molecule has 0 spiro atoms. The average Bonchev–Trinajstić information content (AvgIpc) is 2.27. The van der Waals surface area contributed by atoms with Gasteiger partial charge in [0.15, 0.2) is 11.4 Å². The van der Waals surface area contributed by atoms with E-state index in [0.717, 1.165) is 0 Å². The highest BCUT2D eigenvalue weighted by atomic mass is 16.5. The van der Waals surface area contributed by atoms with Gasteiger partial charge in [0.25, 0.3) is 0 Å². The van der Waals surface area contributed by atoms with Crippen molar-refractivity contribution in [2.75, 3.05) is 0 Å². The summed E-state index contributed by atoms with van der Waals surface area (Å²) in [7, 11) is 0. The lowest BCUT2D eigenvalue weighted by molar-refractivity contribution is 0.0350. The minimum Gasteiger partial charge on any atom is -0.458 e. The monoisotopic (exact) mass is 252 g/mol. The molecule has 0 aliphatic carbocycles. The van der Waals surface area contributed by atoms with Crippen LogP contribution in [0.3, 0.4) is 0 Å². The highest BCUT2D eigenvalue weighted by molar-refractivity contribution is 5.89. The van der Waals surface area contributed by atoms with Crippen LogP contribution in [0.1, 0.15) is 48.7 Å². The Morgan fingerprint density at radius 3 is 1.44 bits per heavy atom. The van der Waals surface area contributed by atoms with E-state index in [1.54, 1.807) is 27.7 Å². The van der Waals surface area contributed by atoms with Crippen LogP contribution in [0.4, 0.5) is 0 Å². The van der Waals surface area contributed by atoms with Gasteiger partial charge in [0, 0.05) is 0 Å². The Labute approximate surface area is 105 Å². The molecule has 0 unspecified atom stereocenters. The molecular formula is C12H16N2O4. The molecule has 0 amide bonds. The molecule has 0 aliphatic rings. The lowest BCUT2D eigenvalue weighted by atomic mass is 10.4. The Kier molecular flexibility index (Phi) is 4.76. The van der Waals surface area contributed by atoms with Gasteiger partial charge in [-0.05, 0) is 27.7 Å². The molecule has 98 valence electrons. The normalized spacial score (nSPS) is 10.6. The Bertz CT molecular complexity index is 385. The smallest absolute Gasteiger partial charge is 0.358 e. The van der Waals surface area contributed by atoms with Crippen LogP contribution in [0.5, 0.6) is 0 Å². The first kappa shape index (κ1) is 14.1. The number of hydrogen-bond donors (Lipinski definition) is 0. The summed E-state index contributed by atoms with van der Waals surface area (Å²) in [6.45, 7) is 6.94. The van der Waals surface area contributed by atoms with Crippen LogP contribution in [0.15, 0.2) is 12.4 Å². The van der Waals surface area contributed by atoms with E-state index in [9.17, 15) is 9.59 Å². The molecule has 0 bridgehead atoms. The maximum Gasteiger partial charge on any atom is 0.358 e. The quantitative estimate of drug-likeness (QED) is 0.757. The number of aromatic nitrogens is 2. The van der Waals surface area contributed by atoms with Crippen molar-refractivity contribution < 1.29 is 19.1 Å². The number of esters is 2. The molecule has 0 N–H and O–H groups in total. The average molecular weight is 252 g/mol. The van der Waals surface area contributed by atoms with Gasteiger partial charge in [-0.2, -0.15) is 0 Å². The van der Waals surface area contributed by atoms with E-state index in [-0.39, 0.29) is 23.6 Å². The summed E-state index contributed by atoms with van der Waals surface area (Å²) >= 11 is 0. The fraction of sp³-hybridized carbons (Fsp3) is 0.500. The molecule has 0 aromatic carbocycles. The van der Waals surface area contributed by atoms with E-state index >= 15 is 0 Å². The molecule has 1 aromatic heterocycles. The van der Waals surface area contributed by atoms with Gasteiger partial charge in [-0.3, -0.25) is 0 Å². The van der Waals surface area contributed by atoms with Crippen LogP contribution >= 0.6 is 0 Å². The third-order valence-corrected chi connectivity index (χ3v) is 1.76. The van der Waals surface area contributed by atoms with E-state index in [1.807, 2.05) is 0 Å². The minimum atomic E-state index is -0.568. The van der Waals surface area contributed by atoms with Crippen LogP contribution in [0, 0.1) is 0 Å². The fourth-order valence-electron chi connectivity index (χ4n) is 1.09. The van der Waals surface area contributed by atoms with Gasteiger partial charge in [0.05, 0.1) is 24.6 Å². The molecular weight excluding hydrogens is 236 g/mol. The Balaban J connectivity index is 2.74. The highest BCUT2D eigenvalue weighted by Crippen LogP contribution is 2.03. The van der Waals surface area contributed by atoms with Crippen molar-refractivity contribution in [2.24, 2.45) is 0 Å². The lowest BCUT2D eigenvalue weighted by Gasteiger charge is -2.08. The van der Waals surface area contributed by atoms with Gasteiger partial charge in [-0.25, -0.2) is 19.6 Å². The number of carbonyl (C=O) groups is 2. The molecule has 1 rings (SSSR count). The lowest BCUT2D eigenvalue weighted by Crippen LogP contribution is -2.16. The standard InChI is InChI=1S/C12H16N2O4/c1-7(2)17-11(15)9-5-14-10(6-13-9)12(16)18-8(3)4/h5-8H,1-4H3. The molecule has 18 heavy (non-hydrogen) atoms. The van der Waals surface area contributed by atoms with Crippen molar-refractivity contribution in [1.82, 2.24) is 9.97 Å². The molecule has 1 aromatic rings. The minimum absolute atomic E-state index is 0.0600. The Morgan fingerprint density at radius 1 is 0.889 bits per heavy atom. The van der Waals surface area contributed by atoms with Crippen LogP contribution in [0.25, 0.3) is 0 Å². The van der Waals surface area contributed by atoms with Gasteiger partial charge in [-0.15, -0.1) is 0 Å². The zero-order valence-corrected chi connectivity index (χ0v) is 10.8. The van der Waals surface area contributed by atoms with Crippen LogP contribution in [0.2, 0.25) is 0 Å². The zero-order valence-electron chi connectivity index (χ0n) is 10.8. The first-order valence-electron chi connectivity index (χ1n) is 5.64. The largest absolute Gasteiger partial charge is 0.458 e. The second-order valence-corrected chi connectivity index (χ2v) is 4.20. The van der Waals surface area contributed by atoms with Crippen molar-refractivity contribution in [2.45, 2.75) is 39.9 Å². The molecule has 0 saturated heterocycles. The topological polar surface area (TPSA) is 78.4 Å². The number of ether oxygens (including phenoxy) is 2. The number of hydrogen-bond acceptors (Lipinski definition) is 6. The van der Waals surface area contributed by atoms with E-state index in [2.05, 4.69) is 9.97 Å². The summed E-state index contributed by atoms with van der Waals surface area (Å²) in [6.07, 6.45) is 1.93. The van der Waals surface area contributed by atoms with Crippen molar-refractivity contribution in [3.05, 3.63) is 23.8 Å². The number of carbonyl (C=O) groups excluding carboxylic acids is 2. The van der Waals surface area contributed by atoms with Crippen molar-refractivity contribution >= 4 is 11.9 Å². The maximum absolute atomic E-state index is 11.5. The van der Waals surface area contributed by atoms with Crippen LogP contribution < -0.4 is 0 Å².